The molecule has 1 atom stereocenters. The van der Waals surface area contributed by atoms with E-state index in [-0.39, 0.29) is 11.8 Å². The molecular formula is C18H28N2O. The topological polar surface area (TPSA) is 32.3 Å². The summed E-state index contributed by atoms with van der Waals surface area (Å²) in [6, 6.07) is 10.5. The fourth-order valence-corrected chi connectivity index (χ4v) is 2.97. The monoisotopic (exact) mass is 288 g/mol. The van der Waals surface area contributed by atoms with Crippen molar-refractivity contribution in [2.24, 2.45) is 11.8 Å². The van der Waals surface area contributed by atoms with Gasteiger partial charge in [-0.2, -0.15) is 0 Å². The molecule has 3 heteroatoms. The lowest BCUT2D eigenvalue weighted by molar-refractivity contribution is -0.126. The summed E-state index contributed by atoms with van der Waals surface area (Å²) in [5.41, 5.74) is 1.36. The minimum absolute atomic E-state index is 0.218. The lowest BCUT2D eigenvalue weighted by Crippen LogP contribution is -2.40. The molecule has 1 N–H and O–H groups in total. The molecule has 1 aliphatic heterocycles. The first-order valence-corrected chi connectivity index (χ1v) is 8.19. The highest BCUT2D eigenvalue weighted by Crippen LogP contribution is 2.17. The Bertz CT molecular complexity index is 424. The number of carbonyl (C=O) groups excluding carboxylic acids is 1. The Balaban J connectivity index is 1.76. The van der Waals surface area contributed by atoms with Crippen LogP contribution >= 0.6 is 0 Å². The van der Waals surface area contributed by atoms with Crippen molar-refractivity contribution >= 4 is 5.91 Å². The van der Waals surface area contributed by atoms with E-state index in [4.69, 9.17) is 0 Å². The van der Waals surface area contributed by atoms with Crippen molar-refractivity contribution in [3.63, 3.8) is 0 Å². The summed E-state index contributed by atoms with van der Waals surface area (Å²) in [6.07, 6.45) is 4.14. The van der Waals surface area contributed by atoms with Crippen LogP contribution in [0.1, 0.15) is 31.7 Å². The van der Waals surface area contributed by atoms with Gasteiger partial charge in [-0.3, -0.25) is 4.79 Å². The predicted molar refractivity (Wildman–Crippen MR) is 87.2 cm³/mol. The third-order valence-electron chi connectivity index (χ3n) is 4.60. The van der Waals surface area contributed by atoms with Gasteiger partial charge in [-0.05, 0) is 50.9 Å². The van der Waals surface area contributed by atoms with Crippen molar-refractivity contribution in [1.82, 2.24) is 10.2 Å². The van der Waals surface area contributed by atoms with Crippen molar-refractivity contribution in [2.75, 3.05) is 26.7 Å². The van der Waals surface area contributed by atoms with Gasteiger partial charge in [0.25, 0.3) is 0 Å². The van der Waals surface area contributed by atoms with Gasteiger partial charge in [0, 0.05) is 12.5 Å². The van der Waals surface area contributed by atoms with E-state index < -0.39 is 0 Å². The van der Waals surface area contributed by atoms with Gasteiger partial charge in [0.2, 0.25) is 5.91 Å². The molecule has 1 aliphatic rings. The summed E-state index contributed by atoms with van der Waals surface area (Å²) in [7, 11) is 2.13. The molecule has 0 bridgehead atoms. The Morgan fingerprint density at radius 3 is 2.57 bits per heavy atom. The second kappa shape index (κ2) is 8.18. The average Bonchev–Trinajstić information content (AvgIpc) is 2.52. The minimum atomic E-state index is 0.218. The van der Waals surface area contributed by atoms with Crippen molar-refractivity contribution in [3.8, 4) is 0 Å². The van der Waals surface area contributed by atoms with Crippen molar-refractivity contribution in [2.45, 2.75) is 32.6 Å². The first-order valence-electron chi connectivity index (χ1n) is 8.19. The van der Waals surface area contributed by atoms with Crippen LogP contribution in [0.3, 0.4) is 0 Å². The lowest BCUT2D eigenvalue weighted by Gasteiger charge is -2.28. The van der Waals surface area contributed by atoms with Crippen LogP contribution in [0.5, 0.6) is 0 Å². The maximum Gasteiger partial charge on any atom is 0.223 e. The second-order valence-corrected chi connectivity index (χ2v) is 6.29. The average molecular weight is 288 g/mol. The molecule has 1 amide bonds. The Hall–Kier alpha value is -1.35. The zero-order chi connectivity index (χ0) is 15.1. The molecule has 1 heterocycles. The van der Waals surface area contributed by atoms with Gasteiger partial charge in [-0.1, -0.05) is 43.7 Å². The van der Waals surface area contributed by atoms with Gasteiger partial charge in [0.1, 0.15) is 0 Å². The number of benzene rings is 1. The highest BCUT2D eigenvalue weighted by Gasteiger charge is 2.23. The highest BCUT2D eigenvalue weighted by atomic mass is 16.1. The molecule has 0 radical (unpaired) electrons. The number of nitrogens with one attached hydrogen (secondary N) is 1. The van der Waals surface area contributed by atoms with E-state index in [9.17, 15) is 4.79 Å². The van der Waals surface area contributed by atoms with Gasteiger partial charge in [-0.25, -0.2) is 0 Å². The third kappa shape index (κ3) is 5.16. The Morgan fingerprint density at radius 1 is 1.29 bits per heavy atom. The molecule has 0 spiro atoms. The van der Waals surface area contributed by atoms with Gasteiger partial charge in [-0.15, -0.1) is 0 Å². The first kappa shape index (κ1) is 16.0. The van der Waals surface area contributed by atoms with Crippen LogP contribution in [0.4, 0.5) is 0 Å². The van der Waals surface area contributed by atoms with E-state index in [1.165, 1.54) is 5.56 Å². The highest BCUT2D eigenvalue weighted by molar-refractivity contribution is 5.78. The second-order valence-electron chi connectivity index (χ2n) is 6.29. The number of piperidine rings is 1. The summed E-state index contributed by atoms with van der Waals surface area (Å²) < 4.78 is 0. The third-order valence-corrected chi connectivity index (χ3v) is 4.60. The van der Waals surface area contributed by atoms with Gasteiger partial charge in [0.05, 0.1) is 0 Å². The number of amides is 1. The zero-order valence-electron chi connectivity index (χ0n) is 13.3. The molecule has 3 nitrogen and oxygen atoms in total. The van der Waals surface area contributed by atoms with Crippen LogP contribution in [0, 0.1) is 11.8 Å². The molecule has 0 saturated carbocycles. The van der Waals surface area contributed by atoms with Gasteiger partial charge >= 0.3 is 0 Å². The van der Waals surface area contributed by atoms with Crippen LogP contribution in [-0.4, -0.2) is 37.5 Å². The molecule has 1 saturated heterocycles. The maximum atomic E-state index is 12.2. The van der Waals surface area contributed by atoms with Crippen LogP contribution in [0.25, 0.3) is 0 Å². The lowest BCUT2D eigenvalue weighted by atomic mass is 9.94. The fraction of sp³-hybridized carbons (Fsp3) is 0.611. The zero-order valence-corrected chi connectivity index (χ0v) is 13.3. The van der Waals surface area contributed by atoms with Crippen LogP contribution < -0.4 is 5.32 Å². The van der Waals surface area contributed by atoms with Crippen LogP contribution in [0.2, 0.25) is 0 Å². The van der Waals surface area contributed by atoms with Crippen LogP contribution in [0.15, 0.2) is 30.3 Å². The molecule has 1 aromatic carbocycles. The Morgan fingerprint density at radius 2 is 1.95 bits per heavy atom. The van der Waals surface area contributed by atoms with Gasteiger partial charge < -0.3 is 10.2 Å². The van der Waals surface area contributed by atoms with Crippen molar-refractivity contribution in [1.29, 1.82) is 0 Å². The summed E-state index contributed by atoms with van der Waals surface area (Å²) in [5, 5.41) is 3.18. The number of hydrogen-bond donors (Lipinski definition) is 1. The van der Waals surface area contributed by atoms with E-state index in [1.807, 2.05) is 6.07 Å². The SMILES string of the molecule is CCC(CNC(=O)C1CCN(C)CC1)Cc1ccccc1. The van der Waals surface area contributed by atoms with E-state index >= 15 is 0 Å². The summed E-state index contributed by atoms with van der Waals surface area (Å²) in [4.78, 5) is 14.5. The standard InChI is InChI=1S/C18H28N2O/c1-3-15(13-16-7-5-4-6-8-16)14-19-18(21)17-9-11-20(2)12-10-17/h4-8,15,17H,3,9-14H2,1-2H3,(H,19,21). The largest absolute Gasteiger partial charge is 0.356 e. The van der Waals surface area contributed by atoms with E-state index in [2.05, 4.69) is 48.5 Å². The normalized spacial score (nSPS) is 18.4. The number of nitrogens with zero attached hydrogens (tertiary/aromatic N) is 1. The number of likely N-dealkylation sites (tertiary alicyclic amines) is 1. The molecule has 1 unspecified atom stereocenters. The fourth-order valence-electron chi connectivity index (χ4n) is 2.97. The molecule has 1 aromatic rings. The number of hydrogen-bond acceptors (Lipinski definition) is 2. The molecule has 0 aliphatic carbocycles. The summed E-state index contributed by atoms with van der Waals surface area (Å²) in [6.45, 7) is 5.09. The van der Waals surface area contributed by atoms with E-state index in [0.717, 1.165) is 45.3 Å². The molecule has 0 aromatic heterocycles. The molecule has 1 fully saturated rings. The molecule has 116 valence electrons. The molecular weight excluding hydrogens is 260 g/mol. The molecule has 2 rings (SSSR count). The van der Waals surface area contributed by atoms with E-state index in [0.29, 0.717) is 5.92 Å². The van der Waals surface area contributed by atoms with E-state index in [1.54, 1.807) is 0 Å². The number of rotatable bonds is 6. The number of carbonyl (C=O) groups is 1. The quantitative estimate of drug-likeness (QED) is 0.873. The maximum absolute atomic E-state index is 12.2. The van der Waals surface area contributed by atoms with Crippen LogP contribution in [-0.2, 0) is 11.2 Å². The summed E-state index contributed by atoms with van der Waals surface area (Å²) >= 11 is 0. The summed E-state index contributed by atoms with van der Waals surface area (Å²) in [5.74, 6) is 1.01. The Kier molecular flexibility index (Phi) is 6.24. The van der Waals surface area contributed by atoms with Gasteiger partial charge in [0.15, 0.2) is 0 Å². The molecule has 21 heavy (non-hydrogen) atoms. The predicted octanol–water partition coefficient (Wildman–Crippen LogP) is 2.71. The minimum Gasteiger partial charge on any atom is -0.356 e. The van der Waals surface area contributed by atoms with Crippen molar-refractivity contribution in [3.05, 3.63) is 35.9 Å². The first-order chi connectivity index (χ1) is 10.2. The van der Waals surface area contributed by atoms with Crippen molar-refractivity contribution < 1.29 is 4.79 Å². The Labute approximate surface area is 128 Å². The smallest absolute Gasteiger partial charge is 0.223 e.